The van der Waals surface area contributed by atoms with Crippen LogP contribution in [0.4, 0.5) is 0 Å². The summed E-state index contributed by atoms with van der Waals surface area (Å²) in [6, 6.07) is 21.6. The van der Waals surface area contributed by atoms with Crippen molar-refractivity contribution in [2.24, 2.45) is 10.8 Å². The van der Waals surface area contributed by atoms with E-state index in [-0.39, 0.29) is 17.3 Å². The Labute approximate surface area is 222 Å². The fourth-order valence-corrected chi connectivity index (χ4v) is 4.85. The van der Waals surface area contributed by atoms with Crippen LogP contribution in [0.5, 0.6) is 0 Å². The van der Waals surface area contributed by atoms with Gasteiger partial charge in [-0.3, -0.25) is 5.43 Å². The molecule has 4 heterocycles. The van der Waals surface area contributed by atoms with Gasteiger partial charge in [0.1, 0.15) is 6.10 Å². The zero-order valence-electron chi connectivity index (χ0n) is 19.5. The predicted octanol–water partition coefficient (Wildman–Crippen LogP) is 2.52. The lowest BCUT2D eigenvalue weighted by Crippen LogP contribution is -2.39. The molecule has 5 N–H and O–H groups in total. The molecular formula is C24H23N9O2S2. The van der Waals surface area contributed by atoms with Crippen molar-refractivity contribution in [2.45, 2.75) is 24.9 Å². The summed E-state index contributed by atoms with van der Waals surface area (Å²) in [4.78, 5) is 0. The lowest BCUT2D eigenvalue weighted by molar-refractivity contribution is -0.0323. The Morgan fingerprint density at radius 2 is 1.76 bits per heavy atom. The van der Waals surface area contributed by atoms with Gasteiger partial charge in [-0.25, -0.2) is 4.68 Å². The number of nitrogens with zero attached hydrogens (tertiary/aromatic N) is 6. The second-order valence-corrected chi connectivity index (χ2v) is 9.45. The first-order valence-corrected chi connectivity index (χ1v) is 12.4. The van der Waals surface area contributed by atoms with E-state index in [1.807, 2.05) is 66.7 Å². The Hall–Kier alpha value is -3.91. The fraction of sp³-hybridized carbons (Fsp3) is 0.208. The van der Waals surface area contributed by atoms with E-state index in [4.69, 9.17) is 55.7 Å². The highest BCUT2D eigenvalue weighted by Gasteiger charge is 2.44. The van der Waals surface area contributed by atoms with Crippen LogP contribution in [0.25, 0.3) is 28.5 Å². The number of benzene rings is 2. The summed E-state index contributed by atoms with van der Waals surface area (Å²) in [5.74, 6) is 6.85. The lowest BCUT2D eigenvalue weighted by Gasteiger charge is -2.28. The van der Waals surface area contributed by atoms with Crippen LogP contribution in [0.2, 0.25) is 0 Å². The van der Waals surface area contributed by atoms with E-state index in [1.165, 1.54) is 4.68 Å². The van der Waals surface area contributed by atoms with Crippen LogP contribution in [-0.4, -0.2) is 54.1 Å². The topological polar surface area (TPSA) is 135 Å². The normalized spacial score (nSPS) is 21.8. The first-order chi connectivity index (χ1) is 18.0. The standard InChI is InChI=1S/C24H23N9O2S2/c25-22(36)28-27-17-12-19(20-13-34-21(17)35-20)33-24(37)31(26)23(30-33)32-18(15-9-5-2-6-10-15)11-16(29-32)14-7-3-1-4-8-14/h1-11,19-21H,12-13,26H2,(H3,25,28,36)/b27-17-/t19-,20+,21+/m1/s1. The number of hydrazone groups is 1. The van der Waals surface area contributed by atoms with Crippen LogP contribution in [-0.2, 0) is 9.47 Å². The van der Waals surface area contributed by atoms with Gasteiger partial charge in [0, 0.05) is 17.5 Å². The van der Waals surface area contributed by atoms with Crippen LogP contribution >= 0.6 is 24.4 Å². The van der Waals surface area contributed by atoms with Gasteiger partial charge in [-0.1, -0.05) is 60.7 Å². The van der Waals surface area contributed by atoms with Crippen LogP contribution < -0.4 is 17.0 Å². The summed E-state index contributed by atoms with van der Waals surface area (Å²) < 4.78 is 16.8. The van der Waals surface area contributed by atoms with Crippen molar-refractivity contribution in [1.29, 1.82) is 0 Å². The van der Waals surface area contributed by atoms with Crippen molar-refractivity contribution in [3.63, 3.8) is 0 Å². The third-order valence-corrected chi connectivity index (χ3v) is 6.78. The van der Waals surface area contributed by atoms with Crippen LogP contribution in [0.15, 0.2) is 71.8 Å². The minimum Gasteiger partial charge on any atom is -0.375 e. The van der Waals surface area contributed by atoms with E-state index in [2.05, 4.69) is 10.5 Å². The van der Waals surface area contributed by atoms with Gasteiger partial charge in [0.15, 0.2) is 11.4 Å². The molecule has 2 fully saturated rings. The molecule has 2 aromatic heterocycles. The number of fused-ring (bicyclic) bond motifs is 2. The molecule has 37 heavy (non-hydrogen) atoms. The van der Waals surface area contributed by atoms with Gasteiger partial charge in [0.05, 0.1) is 29.7 Å². The number of hydrogen-bond donors (Lipinski definition) is 3. The maximum Gasteiger partial charge on any atom is 0.270 e. The molecule has 3 atom stereocenters. The number of ether oxygens (including phenoxy) is 2. The highest BCUT2D eigenvalue weighted by Crippen LogP contribution is 2.34. The summed E-state index contributed by atoms with van der Waals surface area (Å²) in [7, 11) is 0. The van der Waals surface area contributed by atoms with Gasteiger partial charge in [-0.05, 0) is 30.5 Å². The number of thiocarbonyl (C=S) groups is 1. The SMILES string of the molecule is NC(=S)N/N=C1/C[C@@H](n2nc(-n3nc(-c4ccccc4)cc3-c3ccccc3)n(N)c2=S)[C@@H]2CO[C@H]1O2. The first-order valence-electron chi connectivity index (χ1n) is 11.6. The highest BCUT2D eigenvalue weighted by atomic mass is 32.1. The van der Waals surface area contributed by atoms with Gasteiger partial charge in [-0.15, -0.1) is 5.10 Å². The molecule has 2 aliphatic heterocycles. The van der Waals surface area contributed by atoms with Gasteiger partial charge >= 0.3 is 0 Å². The molecule has 188 valence electrons. The molecule has 0 radical (unpaired) electrons. The molecule has 4 aromatic rings. The molecule has 0 unspecified atom stereocenters. The maximum atomic E-state index is 6.49. The van der Waals surface area contributed by atoms with Crippen molar-refractivity contribution in [3.8, 4) is 28.5 Å². The van der Waals surface area contributed by atoms with Gasteiger partial charge < -0.3 is 21.1 Å². The Kier molecular flexibility index (Phi) is 6.04. The second-order valence-electron chi connectivity index (χ2n) is 8.65. The van der Waals surface area contributed by atoms with E-state index >= 15 is 0 Å². The van der Waals surface area contributed by atoms with Crippen molar-refractivity contribution < 1.29 is 9.47 Å². The van der Waals surface area contributed by atoms with Crippen LogP contribution in [0.3, 0.4) is 0 Å². The minimum absolute atomic E-state index is 0.0515. The number of nitrogen functional groups attached to an aromatic ring is 1. The molecule has 6 rings (SSSR count). The predicted molar refractivity (Wildman–Crippen MR) is 145 cm³/mol. The van der Waals surface area contributed by atoms with Crippen LogP contribution in [0.1, 0.15) is 12.5 Å². The summed E-state index contributed by atoms with van der Waals surface area (Å²) in [6.07, 6.45) is -0.370. The second kappa shape index (κ2) is 9.52. The van der Waals surface area contributed by atoms with Crippen molar-refractivity contribution in [2.75, 3.05) is 12.4 Å². The molecule has 2 aliphatic rings. The molecule has 11 nitrogen and oxygen atoms in total. The fourth-order valence-electron chi connectivity index (χ4n) is 4.55. The molecule has 13 heteroatoms. The summed E-state index contributed by atoms with van der Waals surface area (Å²) in [6.45, 7) is 0.366. The quantitative estimate of drug-likeness (QED) is 0.201. The molecule has 2 saturated heterocycles. The largest absolute Gasteiger partial charge is 0.375 e. The summed E-state index contributed by atoms with van der Waals surface area (Å²) in [5, 5.41) is 14.0. The number of nitrogens with one attached hydrogen (secondary N) is 1. The van der Waals surface area contributed by atoms with Crippen molar-refractivity contribution in [3.05, 3.63) is 71.5 Å². The number of rotatable bonds is 5. The Bertz CT molecular complexity index is 1550. The maximum absolute atomic E-state index is 6.49. The lowest BCUT2D eigenvalue weighted by atomic mass is 10.0. The van der Waals surface area contributed by atoms with Gasteiger partial charge in [0.2, 0.25) is 4.77 Å². The highest BCUT2D eigenvalue weighted by molar-refractivity contribution is 7.80. The molecular weight excluding hydrogens is 510 g/mol. The molecule has 0 amide bonds. The zero-order valence-corrected chi connectivity index (χ0v) is 21.1. The monoisotopic (exact) mass is 533 g/mol. The minimum atomic E-state index is -0.569. The Morgan fingerprint density at radius 3 is 2.46 bits per heavy atom. The van der Waals surface area contributed by atoms with Gasteiger partial charge in [0.25, 0.3) is 5.95 Å². The van der Waals surface area contributed by atoms with Gasteiger partial charge in [-0.2, -0.15) is 19.6 Å². The number of nitrogens with two attached hydrogens (primary N) is 2. The third-order valence-electron chi connectivity index (χ3n) is 6.31. The Morgan fingerprint density at radius 1 is 1.05 bits per heavy atom. The van der Waals surface area contributed by atoms with E-state index in [1.54, 1.807) is 9.36 Å². The molecule has 0 saturated carbocycles. The number of hydrogen-bond acceptors (Lipinski definition) is 8. The summed E-state index contributed by atoms with van der Waals surface area (Å²) in [5.41, 5.74) is 12.3. The van der Waals surface area contributed by atoms with E-state index < -0.39 is 6.29 Å². The van der Waals surface area contributed by atoms with Crippen molar-refractivity contribution >= 4 is 35.3 Å². The van der Waals surface area contributed by atoms with E-state index in [0.29, 0.717) is 29.5 Å². The smallest absolute Gasteiger partial charge is 0.270 e. The van der Waals surface area contributed by atoms with Crippen LogP contribution in [0, 0.1) is 4.77 Å². The molecule has 2 bridgehead atoms. The Balaban J connectivity index is 1.44. The average Bonchev–Trinajstić information content (AvgIpc) is 3.62. The van der Waals surface area contributed by atoms with E-state index in [9.17, 15) is 0 Å². The average molecular weight is 534 g/mol. The summed E-state index contributed by atoms with van der Waals surface area (Å²) >= 11 is 10.6. The van der Waals surface area contributed by atoms with Crippen molar-refractivity contribution in [1.82, 2.24) is 29.7 Å². The molecule has 0 aliphatic carbocycles. The first kappa shape index (κ1) is 23.5. The molecule has 0 spiro atoms. The zero-order chi connectivity index (χ0) is 25.5. The molecule has 2 aromatic carbocycles. The number of aromatic nitrogens is 5. The van der Waals surface area contributed by atoms with E-state index in [0.717, 1.165) is 22.5 Å². The third kappa shape index (κ3) is 4.31.